The molecule has 1 fully saturated rings. The molecule has 0 spiro atoms. The van der Waals surface area contributed by atoms with Crippen LogP contribution in [0, 0.1) is 11.8 Å². The lowest BCUT2D eigenvalue weighted by molar-refractivity contribution is 0.00732. The maximum absolute atomic E-state index is 8.71. The Kier molecular flexibility index (Phi) is 4.43. The van der Waals surface area contributed by atoms with E-state index in [4.69, 9.17) is 14.6 Å². The highest BCUT2D eigenvalue weighted by Crippen LogP contribution is 2.21. The second kappa shape index (κ2) is 6.29. The first-order valence-corrected chi connectivity index (χ1v) is 5.83. The largest absolute Gasteiger partial charge is 0.487 e. The van der Waals surface area contributed by atoms with Gasteiger partial charge < -0.3 is 14.6 Å². The Hall–Kier alpha value is -1.50. The van der Waals surface area contributed by atoms with Gasteiger partial charge in [-0.15, -0.1) is 0 Å². The minimum absolute atomic E-state index is 0.112. The van der Waals surface area contributed by atoms with Crippen molar-refractivity contribution >= 4 is 0 Å². The first-order chi connectivity index (χ1) is 8.40. The maximum Gasteiger partial charge on any atom is 0.135 e. The van der Waals surface area contributed by atoms with Gasteiger partial charge in [-0.3, -0.25) is 0 Å². The van der Waals surface area contributed by atoms with Crippen LogP contribution in [-0.2, 0) is 4.74 Å². The van der Waals surface area contributed by atoms with Crippen LogP contribution in [0.25, 0.3) is 0 Å². The predicted octanol–water partition coefficient (Wildman–Crippen LogP) is 1.59. The summed E-state index contributed by atoms with van der Waals surface area (Å²) in [6, 6.07) is 7.62. The van der Waals surface area contributed by atoms with Gasteiger partial charge in [0.15, 0.2) is 0 Å². The van der Waals surface area contributed by atoms with Gasteiger partial charge in [0, 0.05) is 6.61 Å². The lowest BCUT2D eigenvalue weighted by atomic mass is 10.1. The summed E-state index contributed by atoms with van der Waals surface area (Å²) < 4.78 is 11.2. The molecular weight excluding hydrogens is 216 g/mol. The molecule has 0 aliphatic carbocycles. The third kappa shape index (κ3) is 3.48. The molecule has 17 heavy (non-hydrogen) atoms. The number of aliphatic hydroxyl groups is 1. The zero-order valence-corrected chi connectivity index (χ0v) is 9.69. The molecule has 3 nitrogen and oxygen atoms in total. The summed E-state index contributed by atoms with van der Waals surface area (Å²) in [7, 11) is 0. The van der Waals surface area contributed by atoms with Gasteiger partial charge in [0.2, 0.25) is 0 Å². The smallest absolute Gasteiger partial charge is 0.135 e. The van der Waals surface area contributed by atoms with Crippen LogP contribution in [0.2, 0.25) is 0 Å². The van der Waals surface area contributed by atoms with Gasteiger partial charge in [-0.1, -0.05) is 24.0 Å². The lowest BCUT2D eigenvalue weighted by Gasteiger charge is -2.23. The summed E-state index contributed by atoms with van der Waals surface area (Å²) >= 11 is 0. The van der Waals surface area contributed by atoms with Crippen molar-refractivity contribution in [2.24, 2.45) is 0 Å². The van der Waals surface area contributed by atoms with E-state index in [-0.39, 0.29) is 12.7 Å². The third-order valence-corrected chi connectivity index (χ3v) is 2.60. The molecule has 0 amide bonds. The fourth-order valence-electron chi connectivity index (χ4n) is 1.79. The van der Waals surface area contributed by atoms with Crippen molar-refractivity contribution in [1.29, 1.82) is 0 Å². The summed E-state index contributed by atoms with van der Waals surface area (Å²) in [5, 5.41) is 8.71. The summed E-state index contributed by atoms with van der Waals surface area (Å²) in [6.45, 7) is 1.33. The van der Waals surface area contributed by atoms with E-state index in [9.17, 15) is 0 Å². The van der Waals surface area contributed by atoms with Crippen LogP contribution in [0.1, 0.15) is 18.4 Å². The molecule has 1 heterocycles. The average molecular weight is 232 g/mol. The Balaban J connectivity index is 2.08. The minimum atomic E-state index is -0.138. The first kappa shape index (κ1) is 12.0. The van der Waals surface area contributed by atoms with Crippen LogP contribution in [0.5, 0.6) is 5.75 Å². The third-order valence-electron chi connectivity index (χ3n) is 2.60. The molecule has 1 aliphatic rings. The zero-order valence-electron chi connectivity index (χ0n) is 9.69. The van der Waals surface area contributed by atoms with Crippen LogP contribution in [0.4, 0.5) is 0 Å². The van der Waals surface area contributed by atoms with E-state index in [1.807, 2.05) is 24.3 Å². The van der Waals surface area contributed by atoms with Gasteiger partial charge >= 0.3 is 0 Å². The van der Waals surface area contributed by atoms with E-state index in [1.165, 1.54) is 0 Å². The Labute approximate surface area is 101 Å². The number of hydrogen-bond acceptors (Lipinski definition) is 3. The van der Waals surface area contributed by atoms with Crippen molar-refractivity contribution < 1.29 is 14.6 Å². The lowest BCUT2D eigenvalue weighted by Crippen LogP contribution is -2.28. The molecule has 1 atom stereocenters. The Morgan fingerprint density at radius 3 is 3.06 bits per heavy atom. The van der Waals surface area contributed by atoms with E-state index in [1.54, 1.807) is 0 Å². The van der Waals surface area contributed by atoms with E-state index in [0.717, 1.165) is 30.8 Å². The molecule has 1 unspecified atom stereocenters. The monoisotopic (exact) mass is 232 g/mol. The normalized spacial score (nSPS) is 19.2. The van der Waals surface area contributed by atoms with Crippen LogP contribution in [0.15, 0.2) is 24.3 Å². The van der Waals surface area contributed by atoms with Crippen LogP contribution < -0.4 is 4.74 Å². The number of ether oxygens (including phenoxy) is 2. The maximum atomic E-state index is 8.71. The molecule has 3 heteroatoms. The molecule has 1 aliphatic heterocycles. The SMILES string of the molecule is OCC#Cc1ccccc1OC1CCCOC1. The van der Waals surface area contributed by atoms with Crippen molar-refractivity contribution in [3.8, 4) is 17.6 Å². The van der Waals surface area contributed by atoms with Crippen molar-refractivity contribution in [3.63, 3.8) is 0 Å². The van der Waals surface area contributed by atoms with Gasteiger partial charge in [-0.05, 0) is 25.0 Å². The Morgan fingerprint density at radius 1 is 1.41 bits per heavy atom. The van der Waals surface area contributed by atoms with Crippen molar-refractivity contribution in [3.05, 3.63) is 29.8 Å². The predicted molar refractivity (Wildman–Crippen MR) is 64.9 cm³/mol. The van der Waals surface area contributed by atoms with Crippen LogP contribution >= 0.6 is 0 Å². The first-order valence-electron chi connectivity index (χ1n) is 5.83. The number of benzene rings is 1. The number of para-hydroxylation sites is 1. The highest BCUT2D eigenvalue weighted by Gasteiger charge is 2.16. The second-order valence-electron chi connectivity index (χ2n) is 3.91. The minimum Gasteiger partial charge on any atom is -0.487 e. The van der Waals surface area contributed by atoms with E-state index in [0.29, 0.717) is 6.61 Å². The highest BCUT2D eigenvalue weighted by atomic mass is 16.5. The van der Waals surface area contributed by atoms with Gasteiger partial charge in [-0.25, -0.2) is 0 Å². The number of rotatable bonds is 2. The second-order valence-corrected chi connectivity index (χ2v) is 3.91. The molecule has 0 saturated carbocycles. The van der Waals surface area contributed by atoms with Gasteiger partial charge in [0.05, 0.1) is 12.2 Å². The molecule has 90 valence electrons. The molecule has 1 saturated heterocycles. The van der Waals surface area contributed by atoms with Crippen molar-refractivity contribution in [2.75, 3.05) is 19.8 Å². The summed E-state index contributed by atoms with van der Waals surface area (Å²) in [5.41, 5.74) is 0.812. The molecule has 2 rings (SSSR count). The Bertz CT molecular complexity index is 411. The van der Waals surface area contributed by atoms with Crippen LogP contribution in [-0.4, -0.2) is 31.0 Å². The molecule has 1 aromatic rings. The molecule has 0 aromatic heterocycles. The summed E-state index contributed by atoms with van der Waals surface area (Å²) in [5.74, 6) is 6.29. The molecule has 0 bridgehead atoms. The molecule has 1 N–H and O–H groups in total. The van der Waals surface area contributed by atoms with Crippen LogP contribution in [0.3, 0.4) is 0 Å². The fraction of sp³-hybridized carbons (Fsp3) is 0.429. The summed E-state index contributed by atoms with van der Waals surface area (Å²) in [4.78, 5) is 0. The number of hydrogen-bond donors (Lipinski definition) is 1. The topological polar surface area (TPSA) is 38.7 Å². The standard InChI is InChI=1S/C14H16O3/c15-9-3-6-12-5-1-2-8-14(12)17-13-7-4-10-16-11-13/h1-2,5,8,13,15H,4,7,9-11H2. The zero-order chi connectivity index (χ0) is 11.9. The molecular formula is C14H16O3. The van der Waals surface area contributed by atoms with E-state index < -0.39 is 0 Å². The van der Waals surface area contributed by atoms with Crippen molar-refractivity contribution in [1.82, 2.24) is 0 Å². The fourth-order valence-corrected chi connectivity index (χ4v) is 1.79. The van der Waals surface area contributed by atoms with Gasteiger partial charge in [-0.2, -0.15) is 0 Å². The average Bonchev–Trinajstić information content (AvgIpc) is 2.39. The summed E-state index contributed by atoms with van der Waals surface area (Å²) in [6.07, 6.45) is 2.16. The van der Waals surface area contributed by atoms with Gasteiger partial charge in [0.25, 0.3) is 0 Å². The van der Waals surface area contributed by atoms with E-state index >= 15 is 0 Å². The van der Waals surface area contributed by atoms with Crippen molar-refractivity contribution in [2.45, 2.75) is 18.9 Å². The Morgan fingerprint density at radius 2 is 2.29 bits per heavy atom. The number of aliphatic hydroxyl groups excluding tert-OH is 1. The van der Waals surface area contributed by atoms with Gasteiger partial charge in [0.1, 0.15) is 18.5 Å². The highest BCUT2D eigenvalue weighted by molar-refractivity contribution is 5.46. The molecule has 1 aromatic carbocycles. The van der Waals surface area contributed by atoms with E-state index in [2.05, 4.69) is 11.8 Å². The quantitative estimate of drug-likeness (QED) is 0.787. The molecule has 0 radical (unpaired) electrons.